The summed E-state index contributed by atoms with van der Waals surface area (Å²) in [7, 11) is 0. The number of hydrogen-bond donors (Lipinski definition) is 2. The third-order valence-electron chi connectivity index (χ3n) is 6.40. The largest absolute Gasteiger partial charge is 0.490 e. The number of fused-ring (bicyclic) bond motifs is 1. The number of rotatable bonds is 10. The van der Waals surface area contributed by atoms with Gasteiger partial charge in [-0.15, -0.1) is 0 Å². The highest BCUT2D eigenvalue weighted by atomic mass is 79.9. The van der Waals surface area contributed by atoms with Crippen LogP contribution in [0.5, 0.6) is 17.2 Å². The lowest BCUT2D eigenvalue weighted by Gasteiger charge is -2.12. The summed E-state index contributed by atoms with van der Waals surface area (Å²) in [4.78, 5) is 29.6. The maximum Gasteiger partial charge on any atom is 0.343 e. The number of aromatic amines is 1. The van der Waals surface area contributed by atoms with E-state index in [1.165, 1.54) is 6.21 Å². The molecule has 2 N–H and O–H groups in total. The number of halogens is 2. The van der Waals surface area contributed by atoms with Crippen molar-refractivity contribution in [2.24, 2.45) is 5.10 Å². The fraction of sp³-hybridized carbons (Fsp3) is 0.121. The Kier molecular flexibility index (Phi) is 9.44. The Morgan fingerprint density at radius 1 is 0.907 bits per heavy atom. The first kappa shape index (κ1) is 29.9. The average Bonchev–Trinajstić information content (AvgIpc) is 3.38. The van der Waals surface area contributed by atoms with Crippen LogP contribution >= 0.6 is 27.5 Å². The Labute approximate surface area is 261 Å². The highest BCUT2D eigenvalue weighted by molar-refractivity contribution is 9.10. The SMILES string of the molecule is CCOc1ccc(C(=O)Oc2ccccc2C=NNC(=O)c2[nH]c3ccc(Br)cc3c2-c2ccccc2Cl)cc1OCC. The number of esters is 1. The summed E-state index contributed by atoms with van der Waals surface area (Å²) >= 11 is 10.0. The Morgan fingerprint density at radius 2 is 1.65 bits per heavy atom. The highest BCUT2D eigenvalue weighted by Crippen LogP contribution is 2.37. The molecule has 1 heterocycles. The first-order chi connectivity index (χ1) is 20.9. The summed E-state index contributed by atoms with van der Waals surface area (Å²) < 4.78 is 17.8. The normalized spacial score (nSPS) is 11.1. The van der Waals surface area contributed by atoms with Gasteiger partial charge in [-0.3, -0.25) is 4.79 Å². The Balaban J connectivity index is 1.37. The molecule has 218 valence electrons. The van der Waals surface area contributed by atoms with E-state index in [2.05, 4.69) is 31.4 Å². The molecule has 5 rings (SSSR count). The predicted molar refractivity (Wildman–Crippen MR) is 172 cm³/mol. The average molecular weight is 661 g/mol. The quantitative estimate of drug-likeness (QED) is 0.0684. The zero-order valence-electron chi connectivity index (χ0n) is 23.3. The summed E-state index contributed by atoms with van der Waals surface area (Å²) in [5.41, 5.74) is 5.80. The van der Waals surface area contributed by atoms with Gasteiger partial charge in [0.1, 0.15) is 11.4 Å². The van der Waals surface area contributed by atoms with Gasteiger partial charge >= 0.3 is 5.97 Å². The molecular weight excluding hydrogens is 634 g/mol. The number of nitrogens with one attached hydrogen (secondary N) is 2. The predicted octanol–water partition coefficient (Wildman–Crippen LogP) is 8.03. The van der Waals surface area contributed by atoms with Crippen molar-refractivity contribution in [3.63, 3.8) is 0 Å². The molecular formula is C33H27BrClN3O5. The number of hydrazone groups is 1. The highest BCUT2D eigenvalue weighted by Gasteiger charge is 2.21. The molecule has 0 unspecified atom stereocenters. The number of carbonyl (C=O) groups is 2. The molecule has 1 amide bonds. The van der Waals surface area contributed by atoms with E-state index in [4.69, 9.17) is 25.8 Å². The van der Waals surface area contributed by atoms with Gasteiger partial charge in [-0.1, -0.05) is 57.9 Å². The van der Waals surface area contributed by atoms with Gasteiger partial charge in [-0.05, 0) is 68.4 Å². The molecule has 0 aliphatic carbocycles. The van der Waals surface area contributed by atoms with E-state index in [1.807, 2.05) is 50.2 Å². The van der Waals surface area contributed by atoms with Crippen molar-refractivity contribution in [1.29, 1.82) is 0 Å². The van der Waals surface area contributed by atoms with E-state index in [0.29, 0.717) is 57.7 Å². The van der Waals surface area contributed by atoms with Crippen molar-refractivity contribution < 1.29 is 23.8 Å². The van der Waals surface area contributed by atoms with E-state index in [0.717, 1.165) is 15.4 Å². The minimum Gasteiger partial charge on any atom is -0.490 e. The summed E-state index contributed by atoms with van der Waals surface area (Å²) in [6.45, 7) is 4.60. The van der Waals surface area contributed by atoms with Crippen molar-refractivity contribution in [2.75, 3.05) is 13.2 Å². The molecule has 0 fully saturated rings. The van der Waals surface area contributed by atoms with Crippen LogP contribution in [0, 0.1) is 0 Å². The van der Waals surface area contributed by atoms with Gasteiger partial charge in [-0.25, -0.2) is 10.2 Å². The van der Waals surface area contributed by atoms with Gasteiger partial charge in [0.25, 0.3) is 5.91 Å². The van der Waals surface area contributed by atoms with Crippen LogP contribution in [0.3, 0.4) is 0 Å². The van der Waals surface area contributed by atoms with E-state index >= 15 is 0 Å². The van der Waals surface area contributed by atoms with Crippen LogP contribution in [0.4, 0.5) is 0 Å². The van der Waals surface area contributed by atoms with Crippen LogP contribution in [-0.2, 0) is 0 Å². The Morgan fingerprint density at radius 3 is 2.44 bits per heavy atom. The molecule has 43 heavy (non-hydrogen) atoms. The van der Waals surface area contributed by atoms with Crippen LogP contribution in [-0.4, -0.2) is 36.3 Å². The molecule has 5 aromatic rings. The van der Waals surface area contributed by atoms with Gasteiger partial charge in [0.05, 0.1) is 25.0 Å². The lowest BCUT2D eigenvalue weighted by atomic mass is 10.0. The summed E-state index contributed by atoms with van der Waals surface area (Å²) in [6, 6.07) is 24.8. The maximum absolute atomic E-state index is 13.4. The van der Waals surface area contributed by atoms with Crippen molar-refractivity contribution >= 4 is 56.5 Å². The molecule has 0 aliphatic rings. The van der Waals surface area contributed by atoms with Gasteiger partial charge in [0, 0.05) is 37.1 Å². The molecule has 0 bridgehead atoms. The summed E-state index contributed by atoms with van der Waals surface area (Å²) in [6.07, 6.45) is 1.42. The number of hydrogen-bond acceptors (Lipinski definition) is 6. The van der Waals surface area contributed by atoms with E-state index in [9.17, 15) is 9.59 Å². The zero-order valence-corrected chi connectivity index (χ0v) is 25.7. The van der Waals surface area contributed by atoms with Crippen LogP contribution in [0.25, 0.3) is 22.0 Å². The second-order valence-electron chi connectivity index (χ2n) is 9.20. The van der Waals surface area contributed by atoms with Crippen molar-refractivity contribution in [2.45, 2.75) is 13.8 Å². The minimum absolute atomic E-state index is 0.268. The minimum atomic E-state index is -0.581. The number of para-hydroxylation sites is 1. The number of nitrogens with zero attached hydrogens (tertiary/aromatic N) is 1. The second kappa shape index (κ2) is 13.6. The zero-order chi connectivity index (χ0) is 30.3. The third-order valence-corrected chi connectivity index (χ3v) is 7.22. The Hall–Kier alpha value is -4.60. The first-order valence-electron chi connectivity index (χ1n) is 13.5. The smallest absolute Gasteiger partial charge is 0.343 e. The molecule has 0 spiro atoms. The number of amides is 1. The molecule has 4 aromatic carbocycles. The number of carbonyl (C=O) groups excluding carboxylic acids is 2. The van der Waals surface area contributed by atoms with Gasteiger partial charge in [0.15, 0.2) is 11.5 Å². The molecule has 1 aromatic heterocycles. The summed E-state index contributed by atoms with van der Waals surface area (Å²) in [5.74, 6) is 0.221. The standard InChI is InChI=1S/C33H27BrClN3O5/c1-3-41-28-16-13-20(17-29(28)42-4-2)33(40)43-27-12-8-5-9-21(27)19-36-38-32(39)31-30(23-10-6-7-11-25(23)35)24-18-22(34)14-15-26(24)37-31/h5-19,37H,3-4H2,1-2H3,(H,38,39). The lowest BCUT2D eigenvalue weighted by molar-refractivity contribution is 0.0733. The number of benzene rings is 4. The molecule has 10 heteroatoms. The van der Waals surface area contributed by atoms with Gasteiger partial charge < -0.3 is 19.2 Å². The lowest BCUT2D eigenvalue weighted by Crippen LogP contribution is -2.19. The van der Waals surface area contributed by atoms with Crippen LogP contribution < -0.4 is 19.6 Å². The first-order valence-corrected chi connectivity index (χ1v) is 14.7. The third kappa shape index (κ3) is 6.74. The molecule has 0 saturated heterocycles. The number of ether oxygens (including phenoxy) is 3. The monoisotopic (exact) mass is 659 g/mol. The fourth-order valence-electron chi connectivity index (χ4n) is 4.51. The van der Waals surface area contributed by atoms with Crippen LogP contribution in [0.15, 0.2) is 94.5 Å². The van der Waals surface area contributed by atoms with E-state index in [-0.39, 0.29) is 5.75 Å². The molecule has 0 radical (unpaired) electrons. The van der Waals surface area contributed by atoms with E-state index < -0.39 is 11.9 Å². The Bertz CT molecular complexity index is 1840. The molecule has 0 atom stereocenters. The fourth-order valence-corrected chi connectivity index (χ4v) is 5.10. The van der Waals surface area contributed by atoms with Gasteiger partial charge in [0.2, 0.25) is 0 Å². The van der Waals surface area contributed by atoms with Crippen LogP contribution in [0.2, 0.25) is 5.02 Å². The van der Waals surface area contributed by atoms with Crippen LogP contribution in [0.1, 0.15) is 40.3 Å². The number of H-pyrrole nitrogens is 1. The van der Waals surface area contributed by atoms with Crippen molar-refractivity contribution in [1.82, 2.24) is 10.4 Å². The maximum atomic E-state index is 13.4. The van der Waals surface area contributed by atoms with E-state index in [1.54, 1.807) is 48.5 Å². The second-order valence-corrected chi connectivity index (χ2v) is 10.5. The van der Waals surface area contributed by atoms with Crippen molar-refractivity contribution in [3.05, 3.63) is 111 Å². The molecule has 8 nitrogen and oxygen atoms in total. The molecule has 0 saturated carbocycles. The van der Waals surface area contributed by atoms with Gasteiger partial charge in [-0.2, -0.15) is 5.10 Å². The number of aromatic nitrogens is 1. The van der Waals surface area contributed by atoms with Crippen molar-refractivity contribution in [3.8, 4) is 28.4 Å². The molecule has 0 aliphatic heterocycles. The topological polar surface area (TPSA) is 102 Å². The summed E-state index contributed by atoms with van der Waals surface area (Å²) in [5, 5.41) is 5.50.